The molecule has 1 atom stereocenters. The fourth-order valence-electron chi connectivity index (χ4n) is 2.86. The Morgan fingerprint density at radius 2 is 2.06 bits per heavy atom. The fourth-order valence-corrected chi connectivity index (χ4v) is 2.86. The number of rotatable bonds is 5. The molecule has 0 aromatic heterocycles. The molecule has 0 heterocycles. The van der Waals surface area contributed by atoms with E-state index in [4.69, 9.17) is 4.74 Å². The number of ether oxygens (including phenoxy) is 1. The monoisotopic (exact) mass is 247 g/mol. The highest BCUT2D eigenvalue weighted by Gasteiger charge is 2.19. The molecule has 1 aliphatic rings. The van der Waals surface area contributed by atoms with E-state index in [9.17, 15) is 0 Å². The molecular weight excluding hydrogens is 222 g/mol. The highest BCUT2D eigenvalue weighted by atomic mass is 16.5. The molecule has 0 aliphatic heterocycles. The SMILES string of the molecule is CCOc1cccc(NC(C)C2CCCCC2)c1. The lowest BCUT2D eigenvalue weighted by Gasteiger charge is -2.29. The summed E-state index contributed by atoms with van der Waals surface area (Å²) in [6, 6.07) is 8.85. The van der Waals surface area contributed by atoms with Crippen molar-refractivity contribution in [1.82, 2.24) is 0 Å². The van der Waals surface area contributed by atoms with Crippen LogP contribution < -0.4 is 10.1 Å². The third kappa shape index (κ3) is 3.66. The van der Waals surface area contributed by atoms with Gasteiger partial charge in [-0.15, -0.1) is 0 Å². The molecule has 0 amide bonds. The maximum absolute atomic E-state index is 5.53. The van der Waals surface area contributed by atoms with Gasteiger partial charge < -0.3 is 10.1 Å². The largest absolute Gasteiger partial charge is 0.494 e. The normalized spacial score (nSPS) is 18.3. The quantitative estimate of drug-likeness (QED) is 0.829. The first kappa shape index (κ1) is 13.3. The van der Waals surface area contributed by atoms with Crippen LogP contribution in [0.3, 0.4) is 0 Å². The summed E-state index contributed by atoms with van der Waals surface area (Å²) in [6.45, 7) is 5.05. The number of benzene rings is 1. The van der Waals surface area contributed by atoms with Gasteiger partial charge >= 0.3 is 0 Å². The summed E-state index contributed by atoms with van der Waals surface area (Å²) in [5.74, 6) is 1.79. The Labute approximate surface area is 111 Å². The van der Waals surface area contributed by atoms with Crippen LogP contribution in [-0.4, -0.2) is 12.6 Å². The lowest BCUT2D eigenvalue weighted by molar-refractivity contribution is 0.328. The van der Waals surface area contributed by atoms with Crippen LogP contribution in [0.5, 0.6) is 5.75 Å². The Bertz CT molecular complexity index is 358. The fraction of sp³-hybridized carbons (Fsp3) is 0.625. The van der Waals surface area contributed by atoms with Crippen LogP contribution in [0.25, 0.3) is 0 Å². The van der Waals surface area contributed by atoms with Crippen LogP contribution in [0, 0.1) is 5.92 Å². The summed E-state index contributed by atoms with van der Waals surface area (Å²) in [4.78, 5) is 0. The molecule has 100 valence electrons. The average molecular weight is 247 g/mol. The van der Waals surface area contributed by atoms with E-state index in [0.29, 0.717) is 6.04 Å². The first-order valence-electron chi connectivity index (χ1n) is 7.29. The summed E-state index contributed by atoms with van der Waals surface area (Å²) in [5.41, 5.74) is 1.18. The zero-order valence-corrected chi connectivity index (χ0v) is 11.6. The molecule has 2 rings (SSSR count). The van der Waals surface area contributed by atoms with Gasteiger partial charge in [0.25, 0.3) is 0 Å². The van der Waals surface area contributed by atoms with E-state index in [1.807, 2.05) is 13.0 Å². The number of anilines is 1. The van der Waals surface area contributed by atoms with E-state index in [-0.39, 0.29) is 0 Å². The number of hydrogen-bond acceptors (Lipinski definition) is 2. The van der Waals surface area contributed by atoms with Crippen molar-refractivity contribution < 1.29 is 4.74 Å². The van der Waals surface area contributed by atoms with Crippen molar-refractivity contribution in [3.63, 3.8) is 0 Å². The van der Waals surface area contributed by atoms with Gasteiger partial charge in [-0.3, -0.25) is 0 Å². The van der Waals surface area contributed by atoms with Gasteiger partial charge in [0.15, 0.2) is 0 Å². The van der Waals surface area contributed by atoms with Crippen molar-refractivity contribution in [2.24, 2.45) is 5.92 Å². The van der Waals surface area contributed by atoms with Gasteiger partial charge in [0, 0.05) is 17.8 Å². The van der Waals surface area contributed by atoms with Crippen molar-refractivity contribution in [2.45, 2.75) is 52.0 Å². The second kappa shape index (κ2) is 6.67. The zero-order chi connectivity index (χ0) is 12.8. The molecule has 0 spiro atoms. The Hall–Kier alpha value is -1.18. The third-order valence-corrected chi connectivity index (χ3v) is 3.90. The second-order valence-electron chi connectivity index (χ2n) is 5.29. The highest BCUT2D eigenvalue weighted by Crippen LogP contribution is 2.28. The lowest BCUT2D eigenvalue weighted by Crippen LogP contribution is -2.27. The summed E-state index contributed by atoms with van der Waals surface area (Å²) in [7, 11) is 0. The Morgan fingerprint density at radius 3 is 2.78 bits per heavy atom. The van der Waals surface area contributed by atoms with Gasteiger partial charge in [0.1, 0.15) is 5.75 Å². The second-order valence-corrected chi connectivity index (χ2v) is 5.29. The summed E-state index contributed by atoms with van der Waals surface area (Å²) in [5, 5.41) is 3.63. The molecule has 2 nitrogen and oxygen atoms in total. The number of hydrogen-bond donors (Lipinski definition) is 1. The maximum Gasteiger partial charge on any atom is 0.121 e. The van der Waals surface area contributed by atoms with Gasteiger partial charge in [-0.2, -0.15) is 0 Å². The minimum atomic E-state index is 0.558. The van der Waals surface area contributed by atoms with Crippen LogP contribution in [0.2, 0.25) is 0 Å². The first-order valence-corrected chi connectivity index (χ1v) is 7.29. The summed E-state index contributed by atoms with van der Waals surface area (Å²) >= 11 is 0. The van der Waals surface area contributed by atoms with E-state index in [0.717, 1.165) is 18.3 Å². The van der Waals surface area contributed by atoms with Crippen LogP contribution in [0.1, 0.15) is 46.0 Å². The molecule has 1 fully saturated rings. The van der Waals surface area contributed by atoms with E-state index >= 15 is 0 Å². The van der Waals surface area contributed by atoms with E-state index in [1.165, 1.54) is 37.8 Å². The Morgan fingerprint density at radius 1 is 1.28 bits per heavy atom. The van der Waals surface area contributed by atoms with Gasteiger partial charge in [-0.1, -0.05) is 25.3 Å². The predicted molar refractivity (Wildman–Crippen MR) is 77.3 cm³/mol. The van der Waals surface area contributed by atoms with Gasteiger partial charge in [0.2, 0.25) is 0 Å². The minimum absolute atomic E-state index is 0.558. The third-order valence-electron chi connectivity index (χ3n) is 3.90. The van der Waals surface area contributed by atoms with Crippen LogP contribution >= 0.6 is 0 Å². The topological polar surface area (TPSA) is 21.3 Å². The van der Waals surface area contributed by atoms with Crippen molar-refractivity contribution in [1.29, 1.82) is 0 Å². The summed E-state index contributed by atoms with van der Waals surface area (Å²) < 4.78 is 5.53. The molecular formula is C16H25NO. The van der Waals surface area contributed by atoms with Gasteiger partial charge in [-0.05, 0) is 44.7 Å². The van der Waals surface area contributed by atoms with Crippen LogP contribution in [0.15, 0.2) is 24.3 Å². The molecule has 1 saturated carbocycles. The molecule has 0 saturated heterocycles. The zero-order valence-electron chi connectivity index (χ0n) is 11.6. The van der Waals surface area contributed by atoms with Gasteiger partial charge in [-0.25, -0.2) is 0 Å². The van der Waals surface area contributed by atoms with Crippen LogP contribution in [-0.2, 0) is 0 Å². The standard InChI is InChI=1S/C16H25NO/c1-3-18-16-11-7-10-15(12-16)17-13(2)14-8-5-4-6-9-14/h7,10-14,17H,3-6,8-9H2,1-2H3. The molecule has 0 bridgehead atoms. The van der Waals surface area contributed by atoms with E-state index < -0.39 is 0 Å². The molecule has 2 heteroatoms. The van der Waals surface area contributed by atoms with Crippen molar-refractivity contribution in [3.8, 4) is 5.75 Å². The molecule has 1 aromatic carbocycles. The smallest absolute Gasteiger partial charge is 0.121 e. The van der Waals surface area contributed by atoms with E-state index in [2.05, 4.69) is 30.4 Å². The van der Waals surface area contributed by atoms with Crippen molar-refractivity contribution in [3.05, 3.63) is 24.3 Å². The molecule has 1 N–H and O–H groups in total. The highest BCUT2D eigenvalue weighted by molar-refractivity contribution is 5.48. The van der Waals surface area contributed by atoms with Crippen molar-refractivity contribution >= 4 is 5.69 Å². The molecule has 18 heavy (non-hydrogen) atoms. The van der Waals surface area contributed by atoms with Crippen LogP contribution in [0.4, 0.5) is 5.69 Å². The van der Waals surface area contributed by atoms with E-state index in [1.54, 1.807) is 0 Å². The molecule has 1 unspecified atom stereocenters. The molecule has 1 aliphatic carbocycles. The Kier molecular flexibility index (Phi) is 4.91. The lowest BCUT2D eigenvalue weighted by atomic mass is 9.84. The molecule has 0 radical (unpaired) electrons. The van der Waals surface area contributed by atoms with Gasteiger partial charge in [0.05, 0.1) is 6.61 Å². The predicted octanol–water partition coefficient (Wildman–Crippen LogP) is 4.47. The average Bonchev–Trinajstić information content (AvgIpc) is 2.40. The Balaban J connectivity index is 1.93. The molecule has 1 aromatic rings. The minimum Gasteiger partial charge on any atom is -0.494 e. The number of nitrogens with one attached hydrogen (secondary N) is 1. The van der Waals surface area contributed by atoms with Crippen molar-refractivity contribution in [2.75, 3.05) is 11.9 Å². The first-order chi connectivity index (χ1) is 8.79. The summed E-state index contributed by atoms with van der Waals surface area (Å²) in [6.07, 6.45) is 6.97. The maximum atomic E-state index is 5.53.